The number of piperidine rings is 1. The zero-order valence-electron chi connectivity index (χ0n) is 23.1. The zero-order valence-corrected chi connectivity index (χ0v) is 23.1. The Hall–Kier alpha value is -3.00. The van der Waals surface area contributed by atoms with Crippen LogP contribution in [0.5, 0.6) is 0 Å². The van der Waals surface area contributed by atoms with Crippen LogP contribution in [0.1, 0.15) is 60.3 Å². The molecule has 2 radical (unpaired) electrons. The third-order valence-corrected chi connectivity index (χ3v) is 8.54. The van der Waals surface area contributed by atoms with Crippen molar-refractivity contribution < 1.29 is 4.79 Å². The van der Waals surface area contributed by atoms with Crippen LogP contribution in [0.4, 0.5) is 5.82 Å². The smallest absolute Gasteiger partial charge is 0.269 e. The molecule has 39 heavy (non-hydrogen) atoms. The summed E-state index contributed by atoms with van der Waals surface area (Å²) in [6.45, 7) is 8.44. The Labute approximate surface area is 233 Å². The summed E-state index contributed by atoms with van der Waals surface area (Å²) in [4.78, 5) is 29.1. The van der Waals surface area contributed by atoms with Gasteiger partial charge >= 0.3 is 0 Å². The monoisotopic (exact) mass is 526 g/mol. The lowest BCUT2D eigenvalue weighted by atomic mass is 9.98. The van der Waals surface area contributed by atoms with Gasteiger partial charge in [0.15, 0.2) is 0 Å². The van der Waals surface area contributed by atoms with Gasteiger partial charge in [0.05, 0.1) is 0 Å². The minimum Gasteiger partial charge on any atom is -0.304 e. The van der Waals surface area contributed by atoms with Gasteiger partial charge in [0.2, 0.25) is 5.82 Å². The topological polar surface area (TPSA) is 91.6 Å². The van der Waals surface area contributed by atoms with Crippen LogP contribution in [0.3, 0.4) is 0 Å². The number of nitrogens with zero attached hydrogens (tertiary/aromatic N) is 7. The maximum Gasteiger partial charge on any atom is 0.269 e. The lowest BCUT2D eigenvalue weighted by Crippen LogP contribution is -2.52. The van der Waals surface area contributed by atoms with E-state index in [2.05, 4.69) is 49.3 Å². The number of hydrogen-bond acceptors (Lipinski definition) is 8. The molecule has 1 N–H and O–H groups in total. The summed E-state index contributed by atoms with van der Waals surface area (Å²) in [6, 6.07) is 10.6. The van der Waals surface area contributed by atoms with E-state index in [1.807, 2.05) is 18.2 Å². The van der Waals surface area contributed by atoms with Gasteiger partial charge in [0.25, 0.3) is 5.91 Å². The van der Waals surface area contributed by atoms with Crippen LogP contribution in [0.2, 0.25) is 0 Å². The van der Waals surface area contributed by atoms with Gasteiger partial charge in [-0.2, -0.15) is 5.26 Å². The molecule has 5 rings (SSSR count). The van der Waals surface area contributed by atoms with Gasteiger partial charge in [-0.15, -0.1) is 0 Å². The van der Waals surface area contributed by atoms with Crippen molar-refractivity contribution in [2.45, 2.75) is 51.1 Å². The molecule has 3 fully saturated rings. The molecule has 2 aromatic rings. The number of likely N-dealkylation sites (N-methyl/N-ethyl adjacent to an activating group) is 1. The second-order valence-corrected chi connectivity index (χ2v) is 11.3. The number of amides is 1. The highest BCUT2D eigenvalue weighted by atomic mass is 16.2. The number of hydrogen-bond donors (Lipinski definition) is 1. The standard InChI is InChI=1S/C29H39BN8O/c1-35-14-16-37(17-15-35)25-10-12-36(13-11-25)20-23-6-8-24(9-7-23)29(39)34-38(21-22-4-2-3-5-22)28-26(30)19-32-27(18-31)33-28/h6-9,19,22,25H,2-5,10-17,20-21H2,1H3,(H,34,39). The van der Waals surface area contributed by atoms with E-state index in [1.54, 1.807) is 5.01 Å². The molecule has 1 aromatic heterocycles. The highest BCUT2D eigenvalue weighted by Gasteiger charge is 2.27. The third-order valence-electron chi connectivity index (χ3n) is 8.54. The molecule has 9 nitrogen and oxygen atoms in total. The van der Waals surface area contributed by atoms with E-state index >= 15 is 0 Å². The highest BCUT2D eigenvalue weighted by molar-refractivity contribution is 6.35. The van der Waals surface area contributed by atoms with Gasteiger partial charge in [-0.25, -0.2) is 9.97 Å². The average Bonchev–Trinajstić information content (AvgIpc) is 3.47. The Morgan fingerprint density at radius 3 is 2.44 bits per heavy atom. The van der Waals surface area contributed by atoms with Crippen molar-refractivity contribution in [1.29, 1.82) is 5.26 Å². The van der Waals surface area contributed by atoms with Crippen molar-refractivity contribution in [2.75, 3.05) is 57.9 Å². The number of piperazine rings is 1. The molecule has 1 saturated carbocycles. The van der Waals surface area contributed by atoms with Crippen LogP contribution in [0.15, 0.2) is 30.5 Å². The van der Waals surface area contributed by atoms with E-state index in [-0.39, 0.29) is 11.7 Å². The van der Waals surface area contributed by atoms with Crippen molar-refractivity contribution in [3.63, 3.8) is 0 Å². The maximum atomic E-state index is 13.3. The summed E-state index contributed by atoms with van der Waals surface area (Å²) in [5.41, 5.74) is 5.13. The van der Waals surface area contributed by atoms with Crippen LogP contribution in [-0.2, 0) is 6.54 Å². The third kappa shape index (κ3) is 7.15. The number of nitrogens with one attached hydrogen (secondary N) is 1. The predicted molar refractivity (Wildman–Crippen MR) is 153 cm³/mol. The van der Waals surface area contributed by atoms with Crippen molar-refractivity contribution in [3.05, 3.63) is 47.4 Å². The van der Waals surface area contributed by atoms with Gasteiger partial charge in [-0.3, -0.25) is 25.0 Å². The molecule has 0 spiro atoms. The molecule has 0 atom stereocenters. The Balaban J connectivity index is 1.17. The molecule has 0 unspecified atom stereocenters. The van der Waals surface area contributed by atoms with E-state index in [4.69, 9.17) is 7.85 Å². The second kappa shape index (κ2) is 12.9. The van der Waals surface area contributed by atoms with Crippen molar-refractivity contribution in [1.82, 2.24) is 30.1 Å². The van der Waals surface area contributed by atoms with Crippen LogP contribution >= 0.6 is 0 Å². The van der Waals surface area contributed by atoms with Crippen LogP contribution < -0.4 is 15.9 Å². The summed E-state index contributed by atoms with van der Waals surface area (Å²) in [6.07, 6.45) is 8.45. The minimum atomic E-state index is -0.218. The minimum absolute atomic E-state index is 0.0294. The SMILES string of the molecule is [B]c1cnc(C#N)nc1N(CC1CCCC1)NC(=O)c1ccc(CN2CCC(N3CCN(C)CC3)CC2)cc1. The quantitative estimate of drug-likeness (QED) is 0.411. The molecule has 0 bridgehead atoms. The normalized spacial score (nSPS) is 20.1. The number of anilines is 1. The summed E-state index contributed by atoms with van der Waals surface area (Å²) in [7, 11) is 8.37. The highest BCUT2D eigenvalue weighted by Crippen LogP contribution is 2.26. The summed E-state index contributed by atoms with van der Waals surface area (Å²) in [5.74, 6) is 0.622. The Bertz CT molecular complexity index is 1150. The Morgan fingerprint density at radius 2 is 1.77 bits per heavy atom. The van der Waals surface area contributed by atoms with Crippen molar-refractivity contribution in [3.8, 4) is 6.07 Å². The molecule has 3 heterocycles. The molecule has 10 heteroatoms. The van der Waals surface area contributed by atoms with Crippen molar-refractivity contribution >= 4 is 25.0 Å². The fourth-order valence-electron chi connectivity index (χ4n) is 6.12. The second-order valence-electron chi connectivity index (χ2n) is 11.3. The number of rotatable bonds is 8. The first-order valence-corrected chi connectivity index (χ1v) is 14.3. The fourth-order valence-corrected chi connectivity index (χ4v) is 6.12. The van der Waals surface area contributed by atoms with Gasteiger partial charge in [0, 0.05) is 57.1 Å². The first-order chi connectivity index (χ1) is 19.0. The van der Waals surface area contributed by atoms with E-state index in [0.717, 1.165) is 32.5 Å². The molecule has 2 aliphatic heterocycles. The number of aromatic nitrogens is 2. The van der Waals surface area contributed by atoms with Gasteiger partial charge < -0.3 is 4.90 Å². The Kier molecular flexibility index (Phi) is 9.12. The molecule has 3 aliphatic rings. The first kappa shape index (κ1) is 27.6. The molecule has 1 amide bonds. The summed E-state index contributed by atoms with van der Waals surface area (Å²) in [5, 5.41) is 11.0. The Morgan fingerprint density at radius 1 is 1.08 bits per heavy atom. The van der Waals surface area contributed by atoms with Crippen LogP contribution in [0, 0.1) is 17.2 Å². The number of carbonyl (C=O) groups excluding carboxylic acids is 1. The summed E-state index contributed by atoms with van der Waals surface area (Å²) < 4.78 is 0. The fraction of sp³-hybridized carbons (Fsp3) is 0.586. The lowest BCUT2D eigenvalue weighted by molar-refractivity contribution is 0.0658. The molecule has 204 valence electrons. The number of carbonyl (C=O) groups is 1. The van der Waals surface area contributed by atoms with E-state index < -0.39 is 0 Å². The molecular formula is C29H39BN8O. The summed E-state index contributed by atoms with van der Waals surface area (Å²) >= 11 is 0. The van der Waals surface area contributed by atoms with Gasteiger partial charge in [-0.1, -0.05) is 25.0 Å². The van der Waals surface area contributed by atoms with E-state index in [9.17, 15) is 10.1 Å². The first-order valence-electron chi connectivity index (χ1n) is 14.3. The van der Waals surface area contributed by atoms with E-state index in [1.165, 1.54) is 63.6 Å². The average molecular weight is 526 g/mol. The zero-order chi connectivity index (χ0) is 27.2. The van der Waals surface area contributed by atoms with Gasteiger partial charge in [0.1, 0.15) is 19.7 Å². The van der Waals surface area contributed by atoms with Crippen LogP contribution in [-0.4, -0.2) is 97.3 Å². The maximum absolute atomic E-state index is 13.3. The van der Waals surface area contributed by atoms with Crippen LogP contribution in [0.25, 0.3) is 0 Å². The van der Waals surface area contributed by atoms with Gasteiger partial charge in [-0.05, 0) is 74.9 Å². The number of nitriles is 1. The van der Waals surface area contributed by atoms with Crippen molar-refractivity contribution in [2.24, 2.45) is 5.92 Å². The molecular weight excluding hydrogens is 487 g/mol. The predicted octanol–water partition coefficient (Wildman–Crippen LogP) is 1.70. The molecule has 1 aliphatic carbocycles. The molecule has 2 saturated heterocycles. The number of likely N-dealkylation sites (tertiary alicyclic amines) is 1. The van der Waals surface area contributed by atoms with E-state index in [0.29, 0.717) is 35.3 Å². The largest absolute Gasteiger partial charge is 0.304 e. The lowest BCUT2D eigenvalue weighted by Gasteiger charge is -2.42. The molecule has 1 aromatic carbocycles. The number of hydrazine groups is 1. The number of benzene rings is 1.